The number of hydrogen-bond donors (Lipinski definition) is 1. The Hall–Kier alpha value is -1.65. The van der Waals surface area contributed by atoms with Crippen LogP contribution in [0.1, 0.15) is 19.4 Å². The molecule has 2 aromatic rings. The first-order valence-electron chi connectivity index (χ1n) is 7.01. The van der Waals surface area contributed by atoms with Crippen molar-refractivity contribution in [3.8, 4) is 0 Å². The van der Waals surface area contributed by atoms with Crippen LogP contribution in [0.3, 0.4) is 0 Å². The Kier molecular flexibility index (Phi) is 4.93. The number of anilines is 1. The van der Waals surface area contributed by atoms with Crippen molar-refractivity contribution in [2.24, 2.45) is 5.73 Å². The van der Waals surface area contributed by atoms with Crippen molar-refractivity contribution in [1.29, 1.82) is 0 Å². The first kappa shape index (κ1) is 14.8. The Balaban J connectivity index is 2.46. The molecule has 108 valence electrons. The van der Waals surface area contributed by atoms with E-state index in [4.69, 9.17) is 15.5 Å². The molecular weight excluding hydrogens is 250 g/mol. The molecule has 0 saturated heterocycles. The van der Waals surface area contributed by atoms with Gasteiger partial charge in [-0.15, -0.1) is 0 Å². The van der Waals surface area contributed by atoms with Crippen LogP contribution in [0, 0.1) is 0 Å². The first-order chi connectivity index (χ1) is 9.67. The van der Waals surface area contributed by atoms with E-state index in [1.807, 2.05) is 18.2 Å². The summed E-state index contributed by atoms with van der Waals surface area (Å²) in [7, 11) is 1.72. The number of hydrogen-bond acceptors (Lipinski definition) is 4. The summed E-state index contributed by atoms with van der Waals surface area (Å²) in [5.41, 5.74) is 8.02. The van der Waals surface area contributed by atoms with E-state index in [1.54, 1.807) is 7.11 Å². The molecule has 0 aliphatic rings. The molecule has 0 unspecified atom stereocenters. The van der Waals surface area contributed by atoms with E-state index in [0.717, 1.165) is 28.8 Å². The maximum absolute atomic E-state index is 5.89. The van der Waals surface area contributed by atoms with Crippen molar-refractivity contribution in [2.45, 2.75) is 26.4 Å². The molecule has 2 N–H and O–H groups in total. The average molecular weight is 273 g/mol. The van der Waals surface area contributed by atoms with Gasteiger partial charge in [0.15, 0.2) is 0 Å². The highest BCUT2D eigenvalue weighted by molar-refractivity contribution is 5.84. The zero-order valence-corrected chi connectivity index (χ0v) is 12.5. The molecule has 0 aliphatic heterocycles. The minimum Gasteiger partial charge on any atom is -0.383 e. The summed E-state index contributed by atoms with van der Waals surface area (Å²) >= 11 is 0. The van der Waals surface area contributed by atoms with E-state index in [1.165, 1.54) is 0 Å². The summed E-state index contributed by atoms with van der Waals surface area (Å²) in [6, 6.07) is 10.6. The van der Waals surface area contributed by atoms with Gasteiger partial charge in [-0.2, -0.15) is 0 Å². The van der Waals surface area contributed by atoms with Crippen LogP contribution in [0.15, 0.2) is 30.3 Å². The predicted octanol–water partition coefficient (Wildman–Crippen LogP) is 2.55. The molecular formula is C16H23N3O. The van der Waals surface area contributed by atoms with Gasteiger partial charge in [-0.1, -0.05) is 18.2 Å². The van der Waals surface area contributed by atoms with Gasteiger partial charge in [0.25, 0.3) is 0 Å². The quantitative estimate of drug-likeness (QED) is 0.879. The molecule has 0 bridgehead atoms. The van der Waals surface area contributed by atoms with Crippen LogP contribution in [0.2, 0.25) is 0 Å². The number of benzene rings is 1. The molecule has 0 radical (unpaired) electrons. The molecule has 0 atom stereocenters. The van der Waals surface area contributed by atoms with Crippen molar-refractivity contribution in [3.63, 3.8) is 0 Å². The highest BCUT2D eigenvalue weighted by Crippen LogP contribution is 2.23. The number of rotatable bonds is 6. The molecule has 0 amide bonds. The molecule has 0 fully saturated rings. The number of pyridine rings is 1. The predicted molar refractivity (Wildman–Crippen MR) is 84.0 cm³/mol. The zero-order valence-electron chi connectivity index (χ0n) is 12.5. The topological polar surface area (TPSA) is 51.4 Å². The zero-order chi connectivity index (χ0) is 14.5. The minimum atomic E-state index is 0.365. The third-order valence-electron chi connectivity index (χ3n) is 3.46. The lowest BCUT2D eigenvalue weighted by Crippen LogP contribution is -2.34. The summed E-state index contributed by atoms with van der Waals surface area (Å²) in [4.78, 5) is 7.02. The van der Waals surface area contributed by atoms with Gasteiger partial charge < -0.3 is 15.4 Å². The fraction of sp³-hybridized carbons (Fsp3) is 0.438. The second-order valence-electron chi connectivity index (χ2n) is 5.14. The summed E-state index contributed by atoms with van der Waals surface area (Å²) in [6.07, 6.45) is 0. The monoisotopic (exact) mass is 273 g/mol. The van der Waals surface area contributed by atoms with Crippen LogP contribution in [-0.2, 0) is 11.3 Å². The third kappa shape index (κ3) is 3.08. The normalized spacial score (nSPS) is 11.2. The number of methoxy groups -OCH3 is 1. The second-order valence-corrected chi connectivity index (χ2v) is 5.14. The summed E-state index contributed by atoms with van der Waals surface area (Å²) in [5, 5.41) is 1.13. The number of ether oxygens (including phenoxy) is 1. The van der Waals surface area contributed by atoms with Gasteiger partial charge in [-0.3, -0.25) is 0 Å². The van der Waals surface area contributed by atoms with Crippen molar-refractivity contribution in [3.05, 3.63) is 35.9 Å². The Morgan fingerprint density at radius 3 is 2.70 bits per heavy atom. The average Bonchev–Trinajstić information content (AvgIpc) is 2.46. The van der Waals surface area contributed by atoms with Gasteiger partial charge in [-0.25, -0.2) is 4.98 Å². The van der Waals surface area contributed by atoms with E-state index in [0.29, 0.717) is 19.2 Å². The maximum atomic E-state index is 5.89. The van der Waals surface area contributed by atoms with Gasteiger partial charge in [0.1, 0.15) is 5.82 Å². The molecule has 1 aromatic carbocycles. The molecule has 0 saturated carbocycles. The lowest BCUT2D eigenvalue weighted by atomic mass is 10.1. The summed E-state index contributed by atoms with van der Waals surface area (Å²) in [6.45, 7) is 6.35. The smallest absolute Gasteiger partial charge is 0.129 e. The molecule has 20 heavy (non-hydrogen) atoms. The highest BCUT2D eigenvalue weighted by atomic mass is 16.5. The molecule has 4 heteroatoms. The van der Waals surface area contributed by atoms with Gasteiger partial charge in [0.05, 0.1) is 12.1 Å². The molecule has 4 nitrogen and oxygen atoms in total. The van der Waals surface area contributed by atoms with Gasteiger partial charge in [-0.05, 0) is 31.5 Å². The largest absolute Gasteiger partial charge is 0.383 e. The van der Waals surface area contributed by atoms with Crippen molar-refractivity contribution >= 4 is 16.7 Å². The first-order valence-corrected chi connectivity index (χ1v) is 7.01. The SMILES string of the molecule is COCCN(c1cc(CN)c2ccccc2n1)C(C)C. The van der Waals surface area contributed by atoms with Gasteiger partial charge in [0, 0.05) is 31.6 Å². The Labute approximate surface area is 120 Å². The lowest BCUT2D eigenvalue weighted by molar-refractivity contribution is 0.203. The second kappa shape index (κ2) is 6.68. The molecule has 0 spiro atoms. The van der Waals surface area contributed by atoms with Crippen LogP contribution < -0.4 is 10.6 Å². The molecule has 1 aromatic heterocycles. The van der Waals surface area contributed by atoms with E-state index < -0.39 is 0 Å². The fourth-order valence-electron chi connectivity index (χ4n) is 2.37. The van der Waals surface area contributed by atoms with E-state index >= 15 is 0 Å². The van der Waals surface area contributed by atoms with Crippen LogP contribution in [0.5, 0.6) is 0 Å². The highest BCUT2D eigenvalue weighted by Gasteiger charge is 2.14. The van der Waals surface area contributed by atoms with Crippen molar-refractivity contribution in [1.82, 2.24) is 4.98 Å². The number of fused-ring (bicyclic) bond motifs is 1. The van der Waals surface area contributed by atoms with Crippen LogP contribution in [0.25, 0.3) is 10.9 Å². The van der Waals surface area contributed by atoms with Crippen molar-refractivity contribution < 1.29 is 4.74 Å². The van der Waals surface area contributed by atoms with Crippen LogP contribution >= 0.6 is 0 Å². The van der Waals surface area contributed by atoms with Crippen molar-refractivity contribution in [2.75, 3.05) is 25.2 Å². The van der Waals surface area contributed by atoms with Gasteiger partial charge in [0.2, 0.25) is 0 Å². The Bertz CT molecular complexity index is 569. The maximum Gasteiger partial charge on any atom is 0.129 e. The summed E-state index contributed by atoms with van der Waals surface area (Å²) in [5.74, 6) is 0.969. The van der Waals surface area contributed by atoms with E-state index in [9.17, 15) is 0 Å². The Morgan fingerprint density at radius 1 is 1.30 bits per heavy atom. The van der Waals surface area contributed by atoms with E-state index in [-0.39, 0.29) is 0 Å². The fourth-order valence-corrected chi connectivity index (χ4v) is 2.37. The number of para-hydroxylation sites is 1. The molecule has 2 rings (SSSR count). The van der Waals surface area contributed by atoms with Gasteiger partial charge >= 0.3 is 0 Å². The minimum absolute atomic E-state index is 0.365. The standard InChI is InChI=1S/C16H23N3O/c1-12(2)19(8-9-20-3)16-10-13(11-17)14-6-4-5-7-15(14)18-16/h4-7,10,12H,8-9,11,17H2,1-3H3. The number of nitrogens with two attached hydrogens (primary N) is 1. The number of nitrogens with zero attached hydrogens (tertiary/aromatic N) is 2. The van der Waals surface area contributed by atoms with Crippen LogP contribution in [-0.4, -0.2) is 31.3 Å². The number of aromatic nitrogens is 1. The molecule has 0 aliphatic carbocycles. The Morgan fingerprint density at radius 2 is 2.05 bits per heavy atom. The molecule has 1 heterocycles. The van der Waals surface area contributed by atoms with Crippen LogP contribution in [0.4, 0.5) is 5.82 Å². The van der Waals surface area contributed by atoms with E-state index in [2.05, 4.69) is 30.9 Å². The summed E-state index contributed by atoms with van der Waals surface area (Å²) < 4.78 is 5.19. The lowest BCUT2D eigenvalue weighted by Gasteiger charge is -2.28. The third-order valence-corrected chi connectivity index (χ3v) is 3.46.